The molecule has 148 valence electrons. The summed E-state index contributed by atoms with van der Waals surface area (Å²) in [6.45, 7) is 5.33. The zero-order valence-electron chi connectivity index (χ0n) is 15.8. The third-order valence-corrected chi connectivity index (χ3v) is 6.14. The molecule has 0 unspecified atom stereocenters. The molecule has 0 radical (unpaired) electrons. The van der Waals surface area contributed by atoms with Crippen molar-refractivity contribution < 1.29 is 17.6 Å². The first-order valence-corrected chi connectivity index (χ1v) is 10.8. The first-order valence-electron chi connectivity index (χ1n) is 8.82. The minimum atomic E-state index is -3.43. The summed E-state index contributed by atoms with van der Waals surface area (Å²) in [5.41, 5.74) is 2.81. The number of furan rings is 1. The van der Waals surface area contributed by atoms with Crippen LogP contribution in [0, 0.1) is 13.8 Å². The van der Waals surface area contributed by atoms with E-state index in [0.717, 1.165) is 5.39 Å². The fraction of sp³-hybridized carbons (Fsp3) is 0.250. The number of amides is 1. The van der Waals surface area contributed by atoms with Crippen molar-refractivity contribution in [1.29, 1.82) is 0 Å². The Bertz CT molecular complexity index is 1150. The summed E-state index contributed by atoms with van der Waals surface area (Å²) in [7, 11) is -3.43. The predicted molar refractivity (Wildman–Crippen MR) is 113 cm³/mol. The number of halogens is 1. The van der Waals surface area contributed by atoms with Gasteiger partial charge in [-0.25, -0.2) is 8.42 Å². The second-order valence-corrected chi connectivity index (χ2v) is 8.83. The van der Waals surface area contributed by atoms with Gasteiger partial charge in [0.15, 0.2) is 5.76 Å². The van der Waals surface area contributed by atoms with Gasteiger partial charge >= 0.3 is 0 Å². The van der Waals surface area contributed by atoms with Gasteiger partial charge in [-0.05, 0) is 56.2 Å². The Morgan fingerprint density at radius 2 is 1.82 bits per heavy atom. The van der Waals surface area contributed by atoms with Crippen molar-refractivity contribution in [2.24, 2.45) is 0 Å². The molecule has 2 aromatic carbocycles. The molecular weight excluding hydrogens is 400 g/mol. The van der Waals surface area contributed by atoms with E-state index in [-0.39, 0.29) is 11.5 Å². The van der Waals surface area contributed by atoms with Gasteiger partial charge in [-0.1, -0.05) is 24.6 Å². The number of fused-ring (bicyclic) bond motifs is 1. The first-order chi connectivity index (χ1) is 13.2. The molecule has 2 N–H and O–H groups in total. The van der Waals surface area contributed by atoms with E-state index >= 15 is 0 Å². The van der Waals surface area contributed by atoms with Gasteiger partial charge in [0.25, 0.3) is 5.91 Å². The van der Waals surface area contributed by atoms with Crippen molar-refractivity contribution >= 4 is 49.9 Å². The topological polar surface area (TPSA) is 88.4 Å². The summed E-state index contributed by atoms with van der Waals surface area (Å²) in [6.07, 6.45) is 0.514. The standard InChI is InChI=1S/C20H21ClN2O4S/c1-4-10-28(25,26)23-17-7-5-6-16(13(17)3)22-20(24)19-12(2)15-11-14(21)8-9-18(15)27-19/h5-9,11,23H,4,10H2,1-3H3,(H,22,24). The maximum atomic E-state index is 12.8. The summed E-state index contributed by atoms with van der Waals surface area (Å²) in [5.74, 6) is -0.195. The summed E-state index contributed by atoms with van der Waals surface area (Å²) < 4.78 is 32.4. The van der Waals surface area contributed by atoms with Gasteiger partial charge in [0, 0.05) is 21.7 Å². The van der Waals surface area contributed by atoms with E-state index in [0.29, 0.717) is 39.5 Å². The van der Waals surface area contributed by atoms with E-state index in [1.807, 2.05) is 0 Å². The molecule has 0 saturated heterocycles. The smallest absolute Gasteiger partial charge is 0.291 e. The van der Waals surface area contributed by atoms with Crippen LogP contribution >= 0.6 is 11.6 Å². The number of hydrogen-bond donors (Lipinski definition) is 2. The van der Waals surface area contributed by atoms with Crippen LogP contribution in [-0.4, -0.2) is 20.1 Å². The molecular formula is C20H21ClN2O4S. The van der Waals surface area contributed by atoms with Crippen molar-refractivity contribution in [2.75, 3.05) is 15.8 Å². The van der Waals surface area contributed by atoms with Crippen LogP contribution in [0.3, 0.4) is 0 Å². The normalized spacial score (nSPS) is 11.6. The number of benzene rings is 2. The molecule has 1 heterocycles. The van der Waals surface area contributed by atoms with Gasteiger partial charge in [0.1, 0.15) is 5.58 Å². The summed E-state index contributed by atoms with van der Waals surface area (Å²) >= 11 is 6.02. The number of carbonyl (C=O) groups excluding carboxylic acids is 1. The number of carbonyl (C=O) groups is 1. The number of anilines is 2. The van der Waals surface area contributed by atoms with E-state index in [1.54, 1.807) is 57.2 Å². The molecule has 3 rings (SSSR count). The van der Waals surface area contributed by atoms with E-state index in [1.165, 1.54) is 0 Å². The minimum absolute atomic E-state index is 0.0315. The lowest BCUT2D eigenvalue weighted by atomic mass is 10.1. The molecule has 1 amide bonds. The monoisotopic (exact) mass is 420 g/mol. The highest BCUT2D eigenvalue weighted by atomic mass is 35.5. The number of hydrogen-bond acceptors (Lipinski definition) is 4. The van der Waals surface area contributed by atoms with Crippen molar-refractivity contribution in [3.8, 4) is 0 Å². The van der Waals surface area contributed by atoms with Crippen LogP contribution in [0.25, 0.3) is 11.0 Å². The van der Waals surface area contributed by atoms with Crippen molar-refractivity contribution in [2.45, 2.75) is 27.2 Å². The van der Waals surface area contributed by atoms with Gasteiger partial charge in [0.05, 0.1) is 11.4 Å². The largest absolute Gasteiger partial charge is 0.451 e. The number of aryl methyl sites for hydroxylation is 1. The molecule has 0 spiro atoms. The zero-order valence-corrected chi connectivity index (χ0v) is 17.4. The van der Waals surface area contributed by atoms with Crippen LogP contribution in [0.15, 0.2) is 40.8 Å². The number of sulfonamides is 1. The lowest BCUT2D eigenvalue weighted by Crippen LogP contribution is -2.18. The fourth-order valence-corrected chi connectivity index (χ4v) is 4.33. The first kappa shape index (κ1) is 20.2. The molecule has 8 heteroatoms. The lowest BCUT2D eigenvalue weighted by Gasteiger charge is -2.14. The van der Waals surface area contributed by atoms with Gasteiger partial charge < -0.3 is 9.73 Å². The van der Waals surface area contributed by atoms with E-state index in [2.05, 4.69) is 10.0 Å². The molecule has 0 aliphatic heterocycles. The summed E-state index contributed by atoms with van der Waals surface area (Å²) in [4.78, 5) is 12.8. The summed E-state index contributed by atoms with van der Waals surface area (Å²) in [5, 5.41) is 4.14. The Kier molecular flexibility index (Phi) is 5.67. The molecule has 0 saturated carbocycles. The van der Waals surface area contributed by atoms with Crippen LogP contribution in [0.4, 0.5) is 11.4 Å². The SMILES string of the molecule is CCCS(=O)(=O)Nc1cccc(NC(=O)c2oc3ccc(Cl)cc3c2C)c1C. The van der Waals surface area contributed by atoms with E-state index in [9.17, 15) is 13.2 Å². The third kappa shape index (κ3) is 4.15. The number of rotatable bonds is 6. The highest BCUT2D eigenvalue weighted by Crippen LogP contribution is 2.30. The van der Waals surface area contributed by atoms with Crippen LogP contribution in [-0.2, 0) is 10.0 Å². The number of nitrogens with one attached hydrogen (secondary N) is 2. The van der Waals surface area contributed by atoms with E-state index < -0.39 is 15.9 Å². The molecule has 0 fully saturated rings. The molecule has 6 nitrogen and oxygen atoms in total. The molecule has 3 aromatic rings. The molecule has 0 aliphatic rings. The average Bonchev–Trinajstić information content (AvgIpc) is 2.94. The van der Waals surface area contributed by atoms with Gasteiger partial charge in [-0.15, -0.1) is 0 Å². The Balaban J connectivity index is 1.89. The quantitative estimate of drug-likeness (QED) is 0.580. The minimum Gasteiger partial charge on any atom is -0.451 e. The van der Waals surface area contributed by atoms with Crippen molar-refractivity contribution in [1.82, 2.24) is 0 Å². The Morgan fingerprint density at radius 1 is 1.11 bits per heavy atom. The lowest BCUT2D eigenvalue weighted by molar-refractivity contribution is 0.0998. The summed E-state index contributed by atoms with van der Waals surface area (Å²) in [6, 6.07) is 10.2. The van der Waals surface area contributed by atoms with Crippen LogP contribution < -0.4 is 10.0 Å². The molecule has 0 aliphatic carbocycles. The van der Waals surface area contributed by atoms with Crippen LogP contribution in [0.1, 0.15) is 35.0 Å². The zero-order chi connectivity index (χ0) is 20.5. The van der Waals surface area contributed by atoms with Crippen LogP contribution in [0.2, 0.25) is 5.02 Å². The maximum absolute atomic E-state index is 12.8. The van der Waals surface area contributed by atoms with Crippen molar-refractivity contribution in [3.63, 3.8) is 0 Å². The second kappa shape index (κ2) is 7.85. The van der Waals surface area contributed by atoms with Gasteiger partial charge in [-0.2, -0.15) is 0 Å². The third-order valence-electron chi connectivity index (χ3n) is 4.42. The Morgan fingerprint density at radius 3 is 2.54 bits per heavy atom. The second-order valence-electron chi connectivity index (χ2n) is 6.55. The fourth-order valence-electron chi connectivity index (χ4n) is 2.96. The highest BCUT2D eigenvalue weighted by molar-refractivity contribution is 7.92. The molecule has 0 atom stereocenters. The average molecular weight is 421 g/mol. The molecule has 28 heavy (non-hydrogen) atoms. The highest BCUT2D eigenvalue weighted by Gasteiger charge is 2.19. The Labute approximate surface area is 168 Å². The van der Waals surface area contributed by atoms with Gasteiger partial charge in [0.2, 0.25) is 10.0 Å². The van der Waals surface area contributed by atoms with Crippen molar-refractivity contribution in [3.05, 3.63) is 58.3 Å². The van der Waals surface area contributed by atoms with E-state index in [4.69, 9.17) is 16.0 Å². The maximum Gasteiger partial charge on any atom is 0.291 e. The Hall–Kier alpha value is -2.51. The van der Waals surface area contributed by atoms with Gasteiger partial charge in [-0.3, -0.25) is 9.52 Å². The molecule has 0 bridgehead atoms. The van der Waals surface area contributed by atoms with Crippen LogP contribution in [0.5, 0.6) is 0 Å². The molecule has 1 aromatic heterocycles. The predicted octanol–water partition coefficient (Wildman–Crippen LogP) is 5.11.